The summed E-state index contributed by atoms with van der Waals surface area (Å²) in [6.45, 7) is 5.91. The molecule has 1 unspecified atom stereocenters. The number of nitrogens with zero attached hydrogens (tertiary/aromatic N) is 4. The second-order valence-corrected chi connectivity index (χ2v) is 7.63. The highest BCUT2D eigenvalue weighted by Crippen LogP contribution is 2.33. The standard InChI is InChI=1S/C21H28F3N5O/c1-14-9-15(2)29(27-14)18-6-5-17(19(10-18)21(22,23)24)11-26-20(25-3)28-8-7-16(12-28)13-30-4/h5-6,9-10,16H,7-8,11-13H2,1-4H3,(H,25,26). The van der Waals surface area contributed by atoms with Crippen LogP contribution in [0, 0.1) is 19.8 Å². The maximum Gasteiger partial charge on any atom is 0.416 e. The molecule has 1 aromatic carbocycles. The predicted octanol–water partition coefficient (Wildman–Crippen LogP) is 3.55. The number of ether oxygens (including phenoxy) is 1. The van der Waals surface area contributed by atoms with E-state index in [1.54, 1.807) is 20.2 Å². The number of rotatable bonds is 5. The number of hydrogen-bond acceptors (Lipinski definition) is 3. The minimum atomic E-state index is -4.47. The maximum atomic E-state index is 13.8. The number of methoxy groups -OCH3 is 1. The molecule has 1 fully saturated rings. The molecule has 2 heterocycles. The third-order valence-electron chi connectivity index (χ3n) is 5.29. The molecule has 3 rings (SSSR count). The van der Waals surface area contributed by atoms with Crippen molar-refractivity contribution < 1.29 is 17.9 Å². The molecule has 1 aromatic heterocycles. The summed E-state index contributed by atoms with van der Waals surface area (Å²) in [6.07, 6.45) is -3.50. The Kier molecular flexibility index (Phi) is 6.70. The molecule has 0 radical (unpaired) electrons. The fourth-order valence-electron chi connectivity index (χ4n) is 3.91. The van der Waals surface area contributed by atoms with Gasteiger partial charge in [-0.05, 0) is 44.0 Å². The molecule has 2 aromatic rings. The summed E-state index contributed by atoms with van der Waals surface area (Å²) in [4.78, 5) is 6.30. The van der Waals surface area contributed by atoms with Crippen LogP contribution in [-0.4, -0.2) is 54.5 Å². The first-order valence-corrected chi connectivity index (χ1v) is 9.91. The first-order valence-electron chi connectivity index (χ1n) is 9.91. The second-order valence-electron chi connectivity index (χ2n) is 7.63. The molecule has 0 bridgehead atoms. The van der Waals surface area contributed by atoms with E-state index in [9.17, 15) is 13.2 Å². The molecule has 0 aliphatic carbocycles. The Balaban J connectivity index is 1.79. The normalized spacial score (nSPS) is 17.6. The third kappa shape index (κ3) is 4.95. The zero-order chi connectivity index (χ0) is 21.9. The zero-order valence-electron chi connectivity index (χ0n) is 17.8. The number of aromatic nitrogens is 2. The molecule has 6 nitrogen and oxygen atoms in total. The molecular weight excluding hydrogens is 395 g/mol. The van der Waals surface area contributed by atoms with E-state index in [2.05, 4.69) is 20.3 Å². The lowest BCUT2D eigenvalue weighted by atomic mass is 10.1. The van der Waals surface area contributed by atoms with E-state index in [0.717, 1.165) is 37.0 Å². The van der Waals surface area contributed by atoms with Crippen molar-refractivity contribution in [1.82, 2.24) is 20.0 Å². The van der Waals surface area contributed by atoms with Crippen LogP contribution in [0.4, 0.5) is 13.2 Å². The summed E-state index contributed by atoms with van der Waals surface area (Å²) < 4.78 is 48.1. The summed E-state index contributed by atoms with van der Waals surface area (Å²) in [5.74, 6) is 1.00. The topological polar surface area (TPSA) is 54.7 Å². The van der Waals surface area contributed by atoms with Crippen LogP contribution in [-0.2, 0) is 17.5 Å². The number of alkyl halides is 3. The van der Waals surface area contributed by atoms with E-state index >= 15 is 0 Å². The Morgan fingerprint density at radius 2 is 2.07 bits per heavy atom. The van der Waals surface area contributed by atoms with Crippen molar-refractivity contribution in [3.05, 3.63) is 46.8 Å². The van der Waals surface area contributed by atoms with Crippen LogP contribution in [0.25, 0.3) is 5.69 Å². The van der Waals surface area contributed by atoms with Gasteiger partial charge in [-0.25, -0.2) is 4.68 Å². The van der Waals surface area contributed by atoms with Crippen LogP contribution >= 0.6 is 0 Å². The molecule has 1 aliphatic heterocycles. The van der Waals surface area contributed by atoms with Gasteiger partial charge in [-0.1, -0.05) is 6.07 Å². The van der Waals surface area contributed by atoms with Gasteiger partial charge in [0.15, 0.2) is 5.96 Å². The molecule has 0 amide bonds. The molecular formula is C21H28F3N5O. The Morgan fingerprint density at radius 1 is 1.30 bits per heavy atom. The predicted molar refractivity (Wildman–Crippen MR) is 110 cm³/mol. The molecule has 30 heavy (non-hydrogen) atoms. The summed E-state index contributed by atoms with van der Waals surface area (Å²) in [7, 11) is 3.31. The van der Waals surface area contributed by atoms with Crippen LogP contribution in [0.15, 0.2) is 29.3 Å². The van der Waals surface area contributed by atoms with Gasteiger partial charge in [0.2, 0.25) is 0 Å². The summed E-state index contributed by atoms with van der Waals surface area (Å²) in [5.41, 5.74) is 1.43. The monoisotopic (exact) mass is 423 g/mol. The minimum Gasteiger partial charge on any atom is -0.384 e. The van der Waals surface area contributed by atoms with Gasteiger partial charge in [-0.2, -0.15) is 18.3 Å². The first-order chi connectivity index (χ1) is 14.2. The molecule has 0 saturated carbocycles. The number of aliphatic imine (C=N–C) groups is 1. The number of likely N-dealkylation sites (tertiary alicyclic amines) is 1. The van der Waals surface area contributed by atoms with Crippen LogP contribution in [0.5, 0.6) is 0 Å². The highest BCUT2D eigenvalue weighted by Gasteiger charge is 2.34. The highest BCUT2D eigenvalue weighted by atomic mass is 19.4. The molecule has 1 saturated heterocycles. The van der Waals surface area contributed by atoms with Gasteiger partial charge in [0.1, 0.15) is 0 Å². The average molecular weight is 423 g/mol. The van der Waals surface area contributed by atoms with Gasteiger partial charge in [0, 0.05) is 45.4 Å². The van der Waals surface area contributed by atoms with Crippen molar-refractivity contribution in [1.29, 1.82) is 0 Å². The van der Waals surface area contributed by atoms with Gasteiger partial charge < -0.3 is 15.0 Å². The fraction of sp³-hybridized carbons (Fsp3) is 0.524. The molecule has 9 heteroatoms. The van der Waals surface area contributed by atoms with E-state index in [1.807, 2.05) is 19.9 Å². The first kappa shape index (κ1) is 22.1. The van der Waals surface area contributed by atoms with Crippen LogP contribution in [0.2, 0.25) is 0 Å². The van der Waals surface area contributed by atoms with Crippen molar-refractivity contribution in [2.24, 2.45) is 10.9 Å². The quantitative estimate of drug-likeness (QED) is 0.590. The van der Waals surface area contributed by atoms with E-state index in [0.29, 0.717) is 24.2 Å². The number of nitrogens with one attached hydrogen (secondary N) is 1. The van der Waals surface area contributed by atoms with Crippen molar-refractivity contribution in [2.45, 2.75) is 33.0 Å². The van der Waals surface area contributed by atoms with E-state index < -0.39 is 11.7 Å². The fourth-order valence-corrected chi connectivity index (χ4v) is 3.91. The van der Waals surface area contributed by atoms with Crippen LogP contribution in [0.3, 0.4) is 0 Å². The van der Waals surface area contributed by atoms with Gasteiger partial charge in [-0.15, -0.1) is 0 Å². The van der Waals surface area contributed by atoms with E-state index in [1.165, 1.54) is 10.7 Å². The average Bonchev–Trinajstić information content (AvgIpc) is 3.28. The Labute approximate surface area is 174 Å². The second kappa shape index (κ2) is 9.07. The van der Waals surface area contributed by atoms with E-state index in [4.69, 9.17) is 4.74 Å². The number of guanidine groups is 1. The number of halogens is 3. The van der Waals surface area contributed by atoms with Crippen molar-refractivity contribution in [3.63, 3.8) is 0 Å². The van der Waals surface area contributed by atoms with Crippen molar-refractivity contribution in [3.8, 4) is 5.69 Å². The summed E-state index contributed by atoms with van der Waals surface area (Å²) in [5, 5.41) is 7.38. The minimum absolute atomic E-state index is 0.0321. The van der Waals surface area contributed by atoms with Gasteiger partial charge in [0.25, 0.3) is 0 Å². The molecule has 0 spiro atoms. The Morgan fingerprint density at radius 3 is 2.67 bits per heavy atom. The smallest absolute Gasteiger partial charge is 0.384 e. The largest absolute Gasteiger partial charge is 0.416 e. The Bertz CT molecular complexity index is 907. The van der Waals surface area contributed by atoms with Crippen molar-refractivity contribution in [2.75, 3.05) is 33.9 Å². The number of benzene rings is 1. The third-order valence-corrected chi connectivity index (χ3v) is 5.29. The van der Waals surface area contributed by atoms with Crippen molar-refractivity contribution >= 4 is 5.96 Å². The number of aryl methyl sites for hydroxylation is 2. The lowest BCUT2D eigenvalue weighted by Crippen LogP contribution is -2.40. The van der Waals surface area contributed by atoms with Gasteiger partial charge >= 0.3 is 6.18 Å². The SMILES string of the molecule is CN=C(NCc1ccc(-n2nc(C)cc2C)cc1C(F)(F)F)N1CCC(COC)C1. The lowest BCUT2D eigenvalue weighted by molar-refractivity contribution is -0.138. The molecule has 1 N–H and O–H groups in total. The lowest BCUT2D eigenvalue weighted by Gasteiger charge is -2.23. The summed E-state index contributed by atoms with van der Waals surface area (Å²) >= 11 is 0. The molecule has 1 aliphatic rings. The molecule has 164 valence electrons. The zero-order valence-corrected chi connectivity index (χ0v) is 17.8. The maximum absolute atomic E-state index is 13.8. The van der Waals surface area contributed by atoms with E-state index in [-0.39, 0.29) is 12.1 Å². The summed E-state index contributed by atoms with van der Waals surface area (Å²) in [6, 6.07) is 6.16. The van der Waals surface area contributed by atoms with Crippen LogP contribution in [0.1, 0.15) is 28.9 Å². The van der Waals surface area contributed by atoms with Gasteiger partial charge in [-0.3, -0.25) is 4.99 Å². The van der Waals surface area contributed by atoms with Gasteiger partial charge in [0.05, 0.1) is 23.6 Å². The molecule has 1 atom stereocenters. The highest BCUT2D eigenvalue weighted by molar-refractivity contribution is 5.80. The number of hydrogen-bond donors (Lipinski definition) is 1. The van der Waals surface area contributed by atoms with Crippen LogP contribution < -0.4 is 5.32 Å². The Hall–Kier alpha value is -2.55.